The fourth-order valence-electron chi connectivity index (χ4n) is 2.80. The van der Waals surface area contributed by atoms with Crippen molar-refractivity contribution in [1.82, 2.24) is 0 Å². The molecule has 2 heteroatoms. The number of ether oxygens (including phenoxy) is 1. The highest BCUT2D eigenvalue weighted by molar-refractivity contribution is 5.51. The monoisotopic (exact) mass is 267 g/mol. The van der Waals surface area contributed by atoms with Gasteiger partial charge in [0.25, 0.3) is 0 Å². The number of hydrogen-bond donors (Lipinski definition) is 1. The van der Waals surface area contributed by atoms with Crippen molar-refractivity contribution in [2.75, 3.05) is 11.9 Å². The maximum absolute atomic E-state index is 5.69. The quantitative estimate of drug-likeness (QED) is 0.856. The van der Waals surface area contributed by atoms with Gasteiger partial charge in [0.05, 0.1) is 12.6 Å². The first kappa shape index (κ1) is 13.0. The number of benzene rings is 2. The Hall–Kier alpha value is -1.96. The lowest BCUT2D eigenvalue weighted by Crippen LogP contribution is -2.07. The summed E-state index contributed by atoms with van der Waals surface area (Å²) in [5, 5.41) is 3.63. The SMILES string of the molecule is CCCOc1cccc(NC2CCc3ccccc32)c1. The molecule has 1 unspecified atom stereocenters. The Morgan fingerprint density at radius 3 is 2.95 bits per heavy atom. The molecule has 0 spiro atoms. The number of nitrogens with one attached hydrogen (secondary N) is 1. The van der Waals surface area contributed by atoms with Crippen LogP contribution in [0.4, 0.5) is 5.69 Å². The zero-order chi connectivity index (χ0) is 13.8. The Morgan fingerprint density at radius 1 is 1.15 bits per heavy atom. The molecule has 0 fully saturated rings. The van der Waals surface area contributed by atoms with Gasteiger partial charge in [-0.3, -0.25) is 0 Å². The molecule has 1 aliphatic rings. The second-order valence-corrected chi connectivity index (χ2v) is 5.31. The smallest absolute Gasteiger partial charge is 0.121 e. The molecule has 1 atom stereocenters. The largest absolute Gasteiger partial charge is 0.494 e. The minimum atomic E-state index is 0.424. The molecule has 0 aromatic heterocycles. The molecule has 1 N–H and O–H groups in total. The molecule has 0 aliphatic heterocycles. The predicted molar refractivity (Wildman–Crippen MR) is 83.4 cm³/mol. The van der Waals surface area contributed by atoms with Crippen molar-refractivity contribution in [2.45, 2.75) is 32.2 Å². The lowest BCUT2D eigenvalue weighted by atomic mass is 10.1. The molecule has 0 saturated heterocycles. The fraction of sp³-hybridized carbons (Fsp3) is 0.333. The van der Waals surface area contributed by atoms with Gasteiger partial charge < -0.3 is 10.1 Å². The van der Waals surface area contributed by atoms with Gasteiger partial charge in [-0.2, -0.15) is 0 Å². The van der Waals surface area contributed by atoms with Gasteiger partial charge in [-0.05, 0) is 42.5 Å². The van der Waals surface area contributed by atoms with Gasteiger partial charge in [0, 0.05) is 11.8 Å². The Kier molecular flexibility index (Phi) is 3.91. The summed E-state index contributed by atoms with van der Waals surface area (Å²) in [5.74, 6) is 0.947. The number of fused-ring (bicyclic) bond motifs is 1. The molecule has 0 bridgehead atoms. The van der Waals surface area contributed by atoms with E-state index in [9.17, 15) is 0 Å². The van der Waals surface area contributed by atoms with E-state index in [1.54, 1.807) is 0 Å². The van der Waals surface area contributed by atoms with E-state index in [1.807, 2.05) is 12.1 Å². The molecule has 0 heterocycles. The maximum atomic E-state index is 5.69. The molecule has 20 heavy (non-hydrogen) atoms. The molecule has 104 valence electrons. The van der Waals surface area contributed by atoms with Crippen LogP contribution < -0.4 is 10.1 Å². The predicted octanol–water partition coefficient (Wildman–Crippen LogP) is 4.57. The molecular formula is C18H21NO. The summed E-state index contributed by atoms with van der Waals surface area (Å²) in [6.45, 7) is 2.90. The van der Waals surface area contributed by atoms with Crippen molar-refractivity contribution >= 4 is 5.69 Å². The molecule has 1 aliphatic carbocycles. The van der Waals surface area contributed by atoms with E-state index in [4.69, 9.17) is 4.74 Å². The van der Waals surface area contributed by atoms with E-state index in [0.29, 0.717) is 6.04 Å². The van der Waals surface area contributed by atoms with Crippen LogP contribution in [0.15, 0.2) is 48.5 Å². The molecule has 3 rings (SSSR count). The number of anilines is 1. The number of hydrogen-bond acceptors (Lipinski definition) is 2. The van der Waals surface area contributed by atoms with E-state index >= 15 is 0 Å². The first-order chi connectivity index (χ1) is 9.86. The van der Waals surface area contributed by atoms with E-state index in [-0.39, 0.29) is 0 Å². The zero-order valence-electron chi connectivity index (χ0n) is 11.9. The normalized spacial score (nSPS) is 16.8. The number of aryl methyl sites for hydroxylation is 1. The molecular weight excluding hydrogens is 246 g/mol. The van der Waals surface area contributed by atoms with Crippen molar-refractivity contribution in [3.8, 4) is 5.75 Å². The van der Waals surface area contributed by atoms with Gasteiger partial charge >= 0.3 is 0 Å². The summed E-state index contributed by atoms with van der Waals surface area (Å²) in [6.07, 6.45) is 3.37. The lowest BCUT2D eigenvalue weighted by molar-refractivity contribution is 0.317. The topological polar surface area (TPSA) is 21.3 Å². The van der Waals surface area contributed by atoms with E-state index in [1.165, 1.54) is 24.0 Å². The fourth-order valence-corrected chi connectivity index (χ4v) is 2.80. The summed E-state index contributed by atoms with van der Waals surface area (Å²) < 4.78 is 5.69. The van der Waals surface area contributed by atoms with Crippen molar-refractivity contribution in [3.63, 3.8) is 0 Å². The second-order valence-electron chi connectivity index (χ2n) is 5.31. The van der Waals surface area contributed by atoms with Gasteiger partial charge in [0.2, 0.25) is 0 Å². The Balaban J connectivity index is 1.72. The van der Waals surface area contributed by atoms with Crippen LogP contribution in [-0.2, 0) is 6.42 Å². The summed E-state index contributed by atoms with van der Waals surface area (Å²) >= 11 is 0. The van der Waals surface area contributed by atoms with Crippen molar-refractivity contribution in [3.05, 3.63) is 59.7 Å². The minimum Gasteiger partial charge on any atom is -0.494 e. The minimum absolute atomic E-state index is 0.424. The molecule has 0 radical (unpaired) electrons. The van der Waals surface area contributed by atoms with Crippen molar-refractivity contribution < 1.29 is 4.74 Å². The maximum Gasteiger partial charge on any atom is 0.121 e. The van der Waals surface area contributed by atoms with Gasteiger partial charge in [-0.25, -0.2) is 0 Å². The summed E-state index contributed by atoms with van der Waals surface area (Å²) in [7, 11) is 0. The third-order valence-corrected chi connectivity index (χ3v) is 3.78. The van der Waals surface area contributed by atoms with Crippen LogP contribution in [0, 0.1) is 0 Å². The summed E-state index contributed by atoms with van der Waals surface area (Å²) in [4.78, 5) is 0. The van der Waals surface area contributed by atoms with Crippen molar-refractivity contribution in [1.29, 1.82) is 0 Å². The molecule has 0 saturated carbocycles. The molecule has 2 aromatic carbocycles. The van der Waals surface area contributed by atoms with Crippen LogP contribution in [0.5, 0.6) is 5.75 Å². The Morgan fingerprint density at radius 2 is 2.05 bits per heavy atom. The van der Waals surface area contributed by atoms with Crippen LogP contribution in [0.25, 0.3) is 0 Å². The van der Waals surface area contributed by atoms with Gasteiger partial charge in [0.15, 0.2) is 0 Å². The summed E-state index contributed by atoms with van der Waals surface area (Å²) in [5.41, 5.74) is 4.05. The van der Waals surface area contributed by atoms with E-state index in [0.717, 1.165) is 24.5 Å². The first-order valence-electron chi connectivity index (χ1n) is 7.44. The Bertz CT molecular complexity index is 579. The average Bonchev–Trinajstić information content (AvgIpc) is 2.89. The summed E-state index contributed by atoms with van der Waals surface area (Å²) in [6, 6.07) is 17.4. The Labute approximate surface area is 120 Å². The molecule has 2 aromatic rings. The van der Waals surface area contributed by atoms with Gasteiger partial charge in [-0.1, -0.05) is 37.3 Å². The van der Waals surface area contributed by atoms with Crippen LogP contribution in [0.1, 0.15) is 36.9 Å². The van der Waals surface area contributed by atoms with Gasteiger partial charge in [-0.15, -0.1) is 0 Å². The highest BCUT2D eigenvalue weighted by atomic mass is 16.5. The van der Waals surface area contributed by atoms with E-state index in [2.05, 4.69) is 48.6 Å². The van der Waals surface area contributed by atoms with Crippen LogP contribution in [0.2, 0.25) is 0 Å². The van der Waals surface area contributed by atoms with Crippen LogP contribution >= 0.6 is 0 Å². The van der Waals surface area contributed by atoms with Gasteiger partial charge in [0.1, 0.15) is 5.75 Å². The molecule has 0 amide bonds. The van der Waals surface area contributed by atoms with Crippen molar-refractivity contribution in [2.24, 2.45) is 0 Å². The third kappa shape index (κ3) is 2.79. The first-order valence-corrected chi connectivity index (χ1v) is 7.44. The highest BCUT2D eigenvalue weighted by Gasteiger charge is 2.21. The van der Waals surface area contributed by atoms with Crippen LogP contribution in [-0.4, -0.2) is 6.61 Å². The second kappa shape index (κ2) is 6.00. The third-order valence-electron chi connectivity index (χ3n) is 3.78. The number of rotatable bonds is 5. The van der Waals surface area contributed by atoms with E-state index < -0.39 is 0 Å². The zero-order valence-corrected chi connectivity index (χ0v) is 11.9. The average molecular weight is 267 g/mol. The standard InChI is InChI=1S/C18H21NO/c1-2-12-20-16-8-5-7-15(13-16)19-18-11-10-14-6-3-4-9-17(14)18/h3-9,13,18-19H,2,10-12H2,1H3. The molecule has 2 nitrogen and oxygen atoms in total. The van der Waals surface area contributed by atoms with Crippen LogP contribution in [0.3, 0.4) is 0 Å². The lowest BCUT2D eigenvalue weighted by Gasteiger charge is -2.16. The highest BCUT2D eigenvalue weighted by Crippen LogP contribution is 2.34.